The van der Waals surface area contributed by atoms with Crippen molar-refractivity contribution in [3.8, 4) is 0 Å². The molecule has 0 radical (unpaired) electrons. The number of halogens is 2. The first-order valence-electron chi connectivity index (χ1n) is 9.62. The van der Waals surface area contributed by atoms with Gasteiger partial charge in [-0.3, -0.25) is 10.1 Å². The van der Waals surface area contributed by atoms with Gasteiger partial charge in [-0.25, -0.2) is 4.99 Å². The summed E-state index contributed by atoms with van der Waals surface area (Å²) in [6.45, 7) is 4.79. The number of nitro groups is 1. The van der Waals surface area contributed by atoms with Crippen molar-refractivity contribution in [2.45, 2.75) is 25.9 Å². The van der Waals surface area contributed by atoms with E-state index >= 15 is 0 Å². The molecule has 0 spiro atoms. The molecule has 9 heteroatoms. The molecule has 2 aromatic carbocycles. The monoisotopic (exact) mass is 544 g/mol. The molecular weight excluding hydrogens is 519 g/mol. The molecule has 2 atom stereocenters. The number of nitrogens with zero attached hydrogens (tertiary/aromatic N) is 2. The van der Waals surface area contributed by atoms with Crippen molar-refractivity contribution < 1.29 is 9.66 Å². The maximum atomic E-state index is 10.8. The predicted molar refractivity (Wildman–Crippen MR) is 130 cm³/mol. The van der Waals surface area contributed by atoms with Gasteiger partial charge in [0.05, 0.1) is 24.1 Å². The lowest BCUT2D eigenvalue weighted by molar-refractivity contribution is -0.384. The average molecular weight is 545 g/mol. The molecule has 1 aliphatic rings. The predicted octanol–water partition coefficient (Wildman–Crippen LogP) is 4.70. The van der Waals surface area contributed by atoms with Crippen molar-refractivity contribution in [2.24, 2.45) is 10.9 Å². The smallest absolute Gasteiger partial charge is 0.269 e. The molecule has 1 aliphatic heterocycles. The van der Waals surface area contributed by atoms with Gasteiger partial charge in [-0.1, -0.05) is 35.9 Å². The molecule has 2 aromatic rings. The Morgan fingerprint density at radius 2 is 2.10 bits per heavy atom. The zero-order valence-corrected chi connectivity index (χ0v) is 19.8. The molecule has 30 heavy (non-hydrogen) atoms. The molecular formula is C21H26ClIN4O3. The largest absolute Gasteiger partial charge is 0.381 e. The van der Waals surface area contributed by atoms with Crippen LogP contribution < -0.4 is 10.6 Å². The van der Waals surface area contributed by atoms with Gasteiger partial charge in [0, 0.05) is 36.2 Å². The zero-order valence-electron chi connectivity index (χ0n) is 16.7. The molecule has 3 rings (SSSR count). The first-order valence-corrected chi connectivity index (χ1v) is 10.0. The summed E-state index contributed by atoms with van der Waals surface area (Å²) >= 11 is 6.11. The standard InChI is InChI=1S/C21H25ClN4O3.HI/c1-15(18-3-2-4-19(22)11-18)25-21(24-13-17-9-10-29-14-17)23-12-16-5-7-20(8-6-16)26(27)28;/h2-8,11,15,17H,9-10,12-14H2,1H3,(H2,23,24,25);1H. The van der Waals surface area contributed by atoms with Gasteiger partial charge in [-0.15, -0.1) is 24.0 Å². The molecule has 2 unspecified atom stereocenters. The van der Waals surface area contributed by atoms with Crippen molar-refractivity contribution >= 4 is 47.2 Å². The molecule has 0 aromatic heterocycles. The summed E-state index contributed by atoms with van der Waals surface area (Å²) in [5.41, 5.74) is 2.04. The van der Waals surface area contributed by atoms with Gasteiger partial charge >= 0.3 is 0 Å². The van der Waals surface area contributed by atoms with Crippen LogP contribution in [0.4, 0.5) is 5.69 Å². The highest BCUT2D eigenvalue weighted by molar-refractivity contribution is 14.0. The molecule has 1 saturated heterocycles. The van der Waals surface area contributed by atoms with Crippen molar-refractivity contribution in [2.75, 3.05) is 19.8 Å². The number of ether oxygens (including phenoxy) is 1. The summed E-state index contributed by atoms with van der Waals surface area (Å²) in [6.07, 6.45) is 1.03. The van der Waals surface area contributed by atoms with Gasteiger partial charge in [0.1, 0.15) is 0 Å². The van der Waals surface area contributed by atoms with Crippen LogP contribution in [0, 0.1) is 16.0 Å². The third kappa shape index (κ3) is 7.41. The molecule has 0 aliphatic carbocycles. The van der Waals surface area contributed by atoms with Gasteiger partial charge in [0.2, 0.25) is 0 Å². The average Bonchev–Trinajstić information content (AvgIpc) is 3.24. The summed E-state index contributed by atoms with van der Waals surface area (Å²) in [5.74, 6) is 1.14. The lowest BCUT2D eigenvalue weighted by Crippen LogP contribution is -2.41. The Morgan fingerprint density at radius 1 is 1.33 bits per heavy atom. The fourth-order valence-electron chi connectivity index (χ4n) is 3.10. The molecule has 2 N–H and O–H groups in total. The normalized spacial score (nSPS) is 17.1. The lowest BCUT2D eigenvalue weighted by Gasteiger charge is -2.20. The van der Waals surface area contributed by atoms with Crippen LogP contribution in [0.5, 0.6) is 0 Å². The number of rotatable bonds is 7. The van der Waals surface area contributed by atoms with E-state index in [4.69, 9.17) is 16.3 Å². The number of benzene rings is 2. The Bertz CT molecular complexity index is 858. The maximum Gasteiger partial charge on any atom is 0.269 e. The van der Waals surface area contributed by atoms with E-state index < -0.39 is 4.92 Å². The second kappa shape index (κ2) is 12.1. The minimum Gasteiger partial charge on any atom is -0.381 e. The van der Waals surface area contributed by atoms with E-state index in [1.54, 1.807) is 12.1 Å². The summed E-state index contributed by atoms with van der Waals surface area (Å²) in [5, 5.41) is 18.3. The third-order valence-corrected chi connectivity index (χ3v) is 5.09. The highest BCUT2D eigenvalue weighted by atomic mass is 127. The van der Waals surface area contributed by atoms with Crippen molar-refractivity contribution in [1.29, 1.82) is 0 Å². The molecule has 7 nitrogen and oxygen atoms in total. The molecule has 1 heterocycles. The fourth-order valence-corrected chi connectivity index (χ4v) is 3.29. The van der Waals surface area contributed by atoms with Crippen LogP contribution in [0.2, 0.25) is 5.02 Å². The molecule has 0 saturated carbocycles. The Hall–Kier alpha value is -1.91. The van der Waals surface area contributed by atoms with Crippen LogP contribution in [0.15, 0.2) is 53.5 Å². The molecule has 0 amide bonds. The Kier molecular flexibility index (Phi) is 9.80. The molecule has 162 valence electrons. The Labute approximate surface area is 198 Å². The van der Waals surface area contributed by atoms with E-state index in [9.17, 15) is 10.1 Å². The number of nitro benzene ring substituents is 1. The van der Waals surface area contributed by atoms with Crippen LogP contribution in [-0.4, -0.2) is 30.6 Å². The van der Waals surface area contributed by atoms with E-state index in [1.165, 1.54) is 12.1 Å². The number of aliphatic imine (C=N–C) groups is 1. The topological polar surface area (TPSA) is 88.8 Å². The van der Waals surface area contributed by atoms with E-state index in [2.05, 4.69) is 15.6 Å². The number of guanidine groups is 1. The number of hydrogen-bond donors (Lipinski definition) is 2. The van der Waals surface area contributed by atoms with E-state index in [1.807, 2.05) is 31.2 Å². The maximum absolute atomic E-state index is 10.8. The zero-order chi connectivity index (χ0) is 20.6. The SMILES string of the molecule is CC(NC(=NCc1ccc([N+](=O)[O-])cc1)NCC1CCOC1)c1cccc(Cl)c1.I. The fraction of sp³-hybridized carbons (Fsp3) is 0.381. The molecule has 1 fully saturated rings. The van der Waals surface area contributed by atoms with Gasteiger partial charge < -0.3 is 15.4 Å². The third-order valence-electron chi connectivity index (χ3n) is 4.85. The molecule has 0 bridgehead atoms. The number of nitrogens with one attached hydrogen (secondary N) is 2. The van der Waals surface area contributed by atoms with Crippen LogP contribution in [-0.2, 0) is 11.3 Å². The van der Waals surface area contributed by atoms with E-state index in [-0.39, 0.29) is 35.7 Å². The van der Waals surface area contributed by atoms with Gasteiger partial charge in [-0.2, -0.15) is 0 Å². The summed E-state index contributed by atoms with van der Waals surface area (Å²) in [7, 11) is 0. The van der Waals surface area contributed by atoms with Gasteiger partial charge in [-0.05, 0) is 36.6 Å². The highest BCUT2D eigenvalue weighted by Gasteiger charge is 2.17. The Morgan fingerprint density at radius 3 is 2.73 bits per heavy atom. The first-order chi connectivity index (χ1) is 14.0. The van der Waals surface area contributed by atoms with E-state index in [0.717, 1.165) is 37.3 Å². The first kappa shape index (κ1) is 24.4. The highest BCUT2D eigenvalue weighted by Crippen LogP contribution is 2.18. The number of hydrogen-bond acceptors (Lipinski definition) is 4. The van der Waals surface area contributed by atoms with Crippen LogP contribution in [0.1, 0.15) is 30.5 Å². The number of non-ortho nitro benzene ring substituents is 1. The van der Waals surface area contributed by atoms with Crippen molar-refractivity contribution in [3.05, 3.63) is 74.8 Å². The van der Waals surface area contributed by atoms with Gasteiger partial charge in [0.25, 0.3) is 5.69 Å². The second-order valence-corrected chi connectivity index (χ2v) is 7.56. The summed E-state index contributed by atoms with van der Waals surface area (Å²) < 4.78 is 5.44. The minimum atomic E-state index is -0.405. The van der Waals surface area contributed by atoms with Crippen molar-refractivity contribution in [1.82, 2.24) is 10.6 Å². The van der Waals surface area contributed by atoms with Crippen LogP contribution in [0.25, 0.3) is 0 Å². The summed E-state index contributed by atoms with van der Waals surface area (Å²) in [4.78, 5) is 15.1. The van der Waals surface area contributed by atoms with Crippen molar-refractivity contribution in [3.63, 3.8) is 0 Å². The quantitative estimate of drug-likeness (QED) is 0.173. The second-order valence-electron chi connectivity index (χ2n) is 7.12. The summed E-state index contributed by atoms with van der Waals surface area (Å²) in [6, 6.07) is 14.2. The Balaban J connectivity index is 0.00000320. The minimum absolute atomic E-state index is 0. The van der Waals surface area contributed by atoms with Crippen LogP contribution >= 0.6 is 35.6 Å². The lowest BCUT2D eigenvalue weighted by atomic mass is 10.1. The van der Waals surface area contributed by atoms with Gasteiger partial charge in [0.15, 0.2) is 5.96 Å². The van der Waals surface area contributed by atoms with E-state index in [0.29, 0.717) is 23.4 Å². The van der Waals surface area contributed by atoms with Crippen LogP contribution in [0.3, 0.4) is 0 Å².